The number of nitrogens with one attached hydrogen (secondary N) is 1. The summed E-state index contributed by atoms with van der Waals surface area (Å²) >= 11 is 0. The molecule has 0 aromatic rings. The number of aliphatic hydroxyl groups excluding tert-OH is 1. The molecule has 0 amide bonds. The van der Waals surface area contributed by atoms with Crippen molar-refractivity contribution in [2.45, 2.75) is 31.3 Å². The van der Waals surface area contributed by atoms with Gasteiger partial charge in [-0.1, -0.05) is 0 Å². The molecule has 10 heavy (non-hydrogen) atoms. The fourth-order valence-electron chi connectivity index (χ4n) is 2.17. The van der Waals surface area contributed by atoms with Gasteiger partial charge in [0.25, 0.3) is 0 Å². The van der Waals surface area contributed by atoms with E-state index in [9.17, 15) is 0 Å². The second kappa shape index (κ2) is 3.07. The third-order valence-corrected chi connectivity index (χ3v) is 2.69. The number of piperidine rings is 1. The van der Waals surface area contributed by atoms with Crippen LogP contribution in [0.25, 0.3) is 0 Å². The molecule has 0 aromatic carbocycles. The van der Waals surface area contributed by atoms with E-state index in [1.807, 2.05) is 0 Å². The molecule has 0 aromatic heterocycles. The van der Waals surface area contributed by atoms with Crippen molar-refractivity contribution >= 4 is 12.4 Å². The number of aliphatic hydroxyl groups is 1. The summed E-state index contributed by atoms with van der Waals surface area (Å²) in [4.78, 5) is 0. The Kier molecular flexibility index (Phi) is 2.55. The zero-order valence-corrected chi connectivity index (χ0v) is 6.73. The standard InChI is InChI=1S/C7H13NO.ClH/c9-4-7-5-1-2-6(3-5)8-7;/h5-9H,1-4H2;1H/t5-,6+,7+;/m0./s1. The summed E-state index contributed by atoms with van der Waals surface area (Å²) in [5, 5.41) is 12.2. The first-order chi connectivity index (χ1) is 4.40. The van der Waals surface area contributed by atoms with E-state index in [0.717, 1.165) is 12.0 Å². The Balaban J connectivity index is 0.000000500. The van der Waals surface area contributed by atoms with Crippen LogP contribution in [-0.4, -0.2) is 23.8 Å². The van der Waals surface area contributed by atoms with E-state index in [-0.39, 0.29) is 12.4 Å². The van der Waals surface area contributed by atoms with E-state index in [1.54, 1.807) is 0 Å². The molecule has 0 radical (unpaired) electrons. The van der Waals surface area contributed by atoms with Gasteiger partial charge in [0.15, 0.2) is 0 Å². The van der Waals surface area contributed by atoms with Gasteiger partial charge in [-0.2, -0.15) is 0 Å². The maximum absolute atomic E-state index is 8.83. The molecule has 0 spiro atoms. The van der Waals surface area contributed by atoms with Gasteiger partial charge in [0.2, 0.25) is 0 Å². The number of halogens is 1. The Morgan fingerprint density at radius 2 is 2.20 bits per heavy atom. The molecular weight excluding hydrogens is 150 g/mol. The lowest BCUT2D eigenvalue weighted by Gasteiger charge is -2.20. The normalized spacial score (nSPS) is 43.5. The predicted octanol–water partition coefficient (Wildman–Crippen LogP) is 0.541. The van der Waals surface area contributed by atoms with Crippen molar-refractivity contribution in [2.75, 3.05) is 6.61 Å². The minimum absolute atomic E-state index is 0. The van der Waals surface area contributed by atoms with Gasteiger partial charge in [-0.15, -0.1) is 12.4 Å². The summed E-state index contributed by atoms with van der Waals surface area (Å²) in [6, 6.07) is 1.18. The van der Waals surface area contributed by atoms with Crippen molar-refractivity contribution in [3.63, 3.8) is 0 Å². The van der Waals surface area contributed by atoms with Crippen LogP contribution in [0, 0.1) is 5.92 Å². The topological polar surface area (TPSA) is 32.3 Å². The first-order valence-electron chi connectivity index (χ1n) is 3.77. The molecule has 1 saturated heterocycles. The number of rotatable bonds is 1. The van der Waals surface area contributed by atoms with Crippen molar-refractivity contribution in [2.24, 2.45) is 5.92 Å². The zero-order chi connectivity index (χ0) is 6.27. The molecule has 2 fully saturated rings. The molecule has 3 heteroatoms. The first-order valence-corrected chi connectivity index (χ1v) is 3.77. The monoisotopic (exact) mass is 163 g/mol. The zero-order valence-electron chi connectivity index (χ0n) is 5.92. The van der Waals surface area contributed by atoms with Crippen LogP contribution in [0.4, 0.5) is 0 Å². The SMILES string of the molecule is Cl.OC[C@H]1N[C@@H]2CC[C@H]1C2. The maximum Gasteiger partial charge on any atom is 0.0587 e. The Hall–Kier alpha value is 0.210. The molecule has 0 unspecified atom stereocenters. The van der Waals surface area contributed by atoms with Crippen LogP contribution in [0.15, 0.2) is 0 Å². The van der Waals surface area contributed by atoms with Gasteiger partial charge in [-0.3, -0.25) is 0 Å². The quantitative estimate of drug-likeness (QED) is 0.592. The van der Waals surface area contributed by atoms with E-state index in [1.165, 1.54) is 19.3 Å². The molecule has 1 saturated carbocycles. The third-order valence-electron chi connectivity index (χ3n) is 2.69. The van der Waals surface area contributed by atoms with Gasteiger partial charge >= 0.3 is 0 Å². The Bertz CT molecular complexity index is 120. The molecule has 3 atom stereocenters. The second-order valence-corrected chi connectivity index (χ2v) is 3.23. The van der Waals surface area contributed by atoms with Gasteiger partial charge in [0.05, 0.1) is 6.61 Å². The van der Waals surface area contributed by atoms with Gasteiger partial charge in [-0.05, 0) is 25.2 Å². The summed E-state index contributed by atoms with van der Waals surface area (Å²) in [5.74, 6) is 0.792. The van der Waals surface area contributed by atoms with Crippen LogP contribution >= 0.6 is 12.4 Å². The van der Waals surface area contributed by atoms with E-state index in [0.29, 0.717) is 12.6 Å². The first kappa shape index (κ1) is 8.31. The van der Waals surface area contributed by atoms with Gasteiger partial charge in [0.1, 0.15) is 0 Å². The van der Waals surface area contributed by atoms with Gasteiger partial charge < -0.3 is 10.4 Å². The molecule has 2 bridgehead atoms. The Morgan fingerprint density at radius 1 is 1.40 bits per heavy atom. The highest BCUT2D eigenvalue weighted by Crippen LogP contribution is 2.34. The smallest absolute Gasteiger partial charge is 0.0587 e. The molecule has 2 aliphatic rings. The van der Waals surface area contributed by atoms with Crippen LogP contribution in [-0.2, 0) is 0 Å². The Morgan fingerprint density at radius 3 is 2.50 bits per heavy atom. The molecule has 60 valence electrons. The fourth-order valence-corrected chi connectivity index (χ4v) is 2.17. The summed E-state index contributed by atoms with van der Waals surface area (Å²) in [7, 11) is 0. The lowest BCUT2D eigenvalue weighted by Crippen LogP contribution is -2.37. The van der Waals surface area contributed by atoms with Crippen molar-refractivity contribution in [1.29, 1.82) is 0 Å². The molecule has 2 nitrogen and oxygen atoms in total. The van der Waals surface area contributed by atoms with Crippen LogP contribution in [0.5, 0.6) is 0 Å². The minimum Gasteiger partial charge on any atom is -0.395 e. The highest BCUT2D eigenvalue weighted by atomic mass is 35.5. The van der Waals surface area contributed by atoms with E-state index in [4.69, 9.17) is 5.11 Å². The molecule has 2 rings (SSSR count). The number of hydrogen-bond donors (Lipinski definition) is 2. The fraction of sp³-hybridized carbons (Fsp3) is 1.00. The van der Waals surface area contributed by atoms with Crippen molar-refractivity contribution < 1.29 is 5.11 Å². The largest absolute Gasteiger partial charge is 0.395 e. The van der Waals surface area contributed by atoms with Crippen molar-refractivity contribution in [3.8, 4) is 0 Å². The van der Waals surface area contributed by atoms with E-state index >= 15 is 0 Å². The summed E-state index contributed by atoms with van der Waals surface area (Å²) in [6.07, 6.45) is 3.98. The lowest BCUT2D eigenvalue weighted by molar-refractivity contribution is 0.210. The van der Waals surface area contributed by atoms with Crippen LogP contribution in [0.2, 0.25) is 0 Å². The van der Waals surface area contributed by atoms with Gasteiger partial charge in [-0.25, -0.2) is 0 Å². The number of hydrogen-bond acceptors (Lipinski definition) is 2. The minimum atomic E-state index is 0. The maximum atomic E-state index is 8.83. The highest BCUT2D eigenvalue weighted by molar-refractivity contribution is 5.85. The predicted molar refractivity (Wildman–Crippen MR) is 42.4 cm³/mol. The Labute approximate surface area is 67.4 Å². The average Bonchev–Trinajstić information content (AvgIpc) is 2.45. The summed E-state index contributed by atoms with van der Waals surface area (Å²) < 4.78 is 0. The van der Waals surface area contributed by atoms with Gasteiger partial charge in [0, 0.05) is 12.1 Å². The van der Waals surface area contributed by atoms with Crippen molar-refractivity contribution in [3.05, 3.63) is 0 Å². The van der Waals surface area contributed by atoms with E-state index < -0.39 is 0 Å². The third kappa shape index (κ3) is 1.16. The highest BCUT2D eigenvalue weighted by Gasteiger charge is 2.38. The van der Waals surface area contributed by atoms with Crippen LogP contribution in [0.3, 0.4) is 0 Å². The second-order valence-electron chi connectivity index (χ2n) is 3.23. The summed E-state index contributed by atoms with van der Waals surface area (Å²) in [6.45, 7) is 0.334. The average molecular weight is 164 g/mol. The van der Waals surface area contributed by atoms with E-state index in [2.05, 4.69) is 5.32 Å². The van der Waals surface area contributed by atoms with Crippen LogP contribution < -0.4 is 5.32 Å². The molecule has 1 aliphatic heterocycles. The lowest BCUT2D eigenvalue weighted by atomic mass is 10.0. The molecular formula is C7H14ClNO. The summed E-state index contributed by atoms with van der Waals surface area (Å²) in [5.41, 5.74) is 0. The molecule has 2 N–H and O–H groups in total. The molecule has 1 heterocycles. The van der Waals surface area contributed by atoms with Crippen molar-refractivity contribution in [1.82, 2.24) is 5.32 Å². The van der Waals surface area contributed by atoms with Crippen LogP contribution in [0.1, 0.15) is 19.3 Å². The molecule has 1 aliphatic carbocycles. The number of fused-ring (bicyclic) bond motifs is 2.